The monoisotopic (exact) mass is 595 g/mol. The summed E-state index contributed by atoms with van der Waals surface area (Å²) in [6, 6.07) is 11.2. The molecule has 4 rings (SSSR count). The molecule has 1 fully saturated rings. The van der Waals surface area contributed by atoms with Crippen LogP contribution in [0, 0.1) is 18.8 Å². The molecule has 0 unspecified atom stereocenters. The second kappa shape index (κ2) is 14.2. The lowest BCUT2D eigenvalue weighted by molar-refractivity contribution is -0.144. The molecule has 42 heavy (non-hydrogen) atoms. The lowest BCUT2D eigenvalue weighted by Gasteiger charge is -2.37. The Hall–Kier alpha value is -3.43. The molecule has 2 aromatic carbocycles. The standard InChI is InChI=1S/C32H42ClN5O4/c1-20-14-21(2)18-37(17-20)29(39)10-11-30(40)38-19-24-7-5-4-6-23(24)16-28(38)32(42)36-27(12-13-34)31(41)35-25-8-9-26(33)22(3)15-25/h4-9,15,20-21,27-28H,10-14,16-19,34H2,1-3H3,(H,35,41)(H,36,42)/t20-,21+,27-,28-/m0/s1. The van der Waals surface area contributed by atoms with Crippen LogP contribution in [0.2, 0.25) is 5.02 Å². The number of benzene rings is 2. The molecule has 2 heterocycles. The Morgan fingerprint density at radius 1 is 1.00 bits per heavy atom. The van der Waals surface area contributed by atoms with Crippen LogP contribution in [-0.2, 0) is 32.1 Å². The van der Waals surface area contributed by atoms with E-state index in [0.29, 0.717) is 42.1 Å². The Bertz CT molecular complexity index is 1310. The normalized spacial score (nSPS) is 20.8. The largest absolute Gasteiger partial charge is 0.342 e. The van der Waals surface area contributed by atoms with Gasteiger partial charge in [-0.3, -0.25) is 19.2 Å². The molecule has 9 nitrogen and oxygen atoms in total. The molecular formula is C32H42ClN5O4. The third-order valence-corrected chi connectivity index (χ3v) is 8.58. The highest BCUT2D eigenvalue weighted by Crippen LogP contribution is 2.26. The van der Waals surface area contributed by atoms with Gasteiger partial charge in [-0.25, -0.2) is 0 Å². The number of nitrogens with zero attached hydrogens (tertiary/aromatic N) is 2. The summed E-state index contributed by atoms with van der Waals surface area (Å²) in [4.78, 5) is 56.8. The number of hydrogen-bond acceptors (Lipinski definition) is 5. The maximum atomic E-state index is 13.7. The van der Waals surface area contributed by atoms with E-state index in [1.54, 1.807) is 23.1 Å². The number of piperidine rings is 1. The van der Waals surface area contributed by atoms with Crippen molar-refractivity contribution in [1.82, 2.24) is 15.1 Å². The van der Waals surface area contributed by atoms with Crippen LogP contribution < -0.4 is 16.4 Å². The number of nitrogens with one attached hydrogen (secondary N) is 2. The number of carbonyl (C=O) groups is 4. The molecule has 0 aliphatic carbocycles. The molecule has 0 saturated carbocycles. The Morgan fingerprint density at radius 2 is 1.67 bits per heavy atom. The fourth-order valence-electron chi connectivity index (χ4n) is 6.06. The molecule has 2 aliphatic rings. The van der Waals surface area contributed by atoms with E-state index in [-0.39, 0.29) is 44.2 Å². The lowest BCUT2D eigenvalue weighted by Crippen LogP contribution is -2.56. The predicted octanol–water partition coefficient (Wildman–Crippen LogP) is 3.66. The van der Waals surface area contributed by atoms with Crippen molar-refractivity contribution in [3.05, 3.63) is 64.2 Å². The first-order chi connectivity index (χ1) is 20.0. The fourth-order valence-corrected chi connectivity index (χ4v) is 6.17. The average Bonchev–Trinajstić information content (AvgIpc) is 2.96. The number of amides is 4. The van der Waals surface area contributed by atoms with Gasteiger partial charge in [-0.05, 0) is 73.0 Å². The average molecular weight is 596 g/mol. The summed E-state index contributed by atoms with van der Waals surface area (Å²) in [7, 11) is 0. The smallest absolute Gasteiger partial charge is 0.246 e. The Morgan fingerprint density at radius 3 is 2.33 bits per heavy atom. The molecule has 10 heteroatoms. The number of rotatable bonds is 9. The van der Waals surface area contributed by atoms with Crippen molar-refractivity contribution < 1.29 is 19.2 Å². The summed E-state index contributed by atoms with van der Waals surface area (Å²) >= 11 is 6.11. The van der Waals surface area contributed by atoms with E-state index in [0.717, 1.165) is 23.1 Å². The number of hydrogen-bond donors (Lipinski definition) is 3. The summed E-state index contributed by atoms with van der Waals surface area (Å²) in [6.45, 7) is 7.99. The van der Waals surface area contributed by atoms with Crippen molar-refractivity contribution in [3.8, 4) is 0 Å². The Balaban J connectivity index is 1.46. The van der Waals surface area contributed by atoms with E-state index in [2.05, 4.69) is 24.5 Å². The zero-order valence-corrected chi connectivity index (χ0v) is 25.5. The maximum absolute atomic E-state index is 13.7. The zero-order valence-electron chi connectivity index (χ0n) is 24.7. The molecule has 0 aromatic heterocycles. The van der Waals surface area contributed by atoms with Gasteiger partial charge in [0.05, 0.1) is 0 Å². The number of halogens is 1. The van der Waals surface area contributed by atoms with E-state index < -0.39 is 23.9 Å². The van der Waals surface area contributed by atoms with E-state index in [1.165, 1.54) is 0 Å². The minimum Gasteiger partial charge on any atom is -0.342 e. The quantitative estimate of drug-likeness (QED) is 0.408. The molecule has 0 radical (unpaired) electrons. The van der Waals surface area contributed by atoms with Gasteiger partial charge in [0.2, 0.25) is 23.6 Å². The summed E-state index contributed by atoms with van der Waals surface area (Å²) in [6.07, 6.45) is 1.75. The van der Waals surface area contributed by atoms with Crippen molar-refractivity contribution in [1.29, 1.82) is 0 Å². The van der Waals surface area contributed by atoms with E-state index in [1.807, 2.05) is 36.1 Å². The summed E-state index contributed by atoms with van der Waals surface area (Å²) in [5.74, 6) is -0.251. The van der Waals surface area contributed by atoms with Gasteiger partial charge in [0.15, 0.2) is 0 Å². The third-order valence-electron chi connectivity index (χ3n) is 8.16. The van der Waals surface area contributed by atoms with Gasteiger partial charge in [-0.2, -0.15) is 0 Å². The van der Waals surface area contributed by atoms with Gasteiger partial charge in [0.1, 0.15) is 12.1 Å². The van der Waals surface area contributed by atoms with Gasteiger partial charge in [-0.15, -0.1) is 0 Å². The van der Waals surface area contributed by atoms with Crippen LogP contribution in [0.3, 0.4) is 0 Å². The van der Waals surface area contributed by atoms with Crippen LogP contribution in [0.5, 0.6) is 0 Å². The minimum absolute atomic E-state index is 0.0205. The molecule has 2 aromatic rings. The molecule has 2 aliphatic heterocycles. The first kappa shape index (κ1) is 31.5. The van der Waals surface area contributed by atoms with Gasteiger partial charge >= 0.3 is 0 Å². The Labute approximate surface area is 253 Å². The molecule has 226 valence electrons. The molecule has 4 N–H and O–H groups in total. The third kappa shape index (κ3) is 7.89. The van der Waals surface area contributed by atoms with Gasteiger partial charge in [0, 0.05) is 49.6 Å². The van der Waals surface area contributed by atoms with Gasteiger partial charge < -0.3 is 26.2 Å². The van der Waals surface area contributed by atoms with Gasteiger partial charge in [0.25, 0.3) is 0 Å². The summed E-state index contributed by atoms with van der Waals surface area (Å²) in [5, 5.41) is 6.27. The maximum Gasteiger partial charge on any atom is 0.246 e. The minimum atomic E-state index is -0.891. The number of fused-ring (bicyclic) bond motifs is 1. The van der Waals surface area contributed by atoms with Crippen LogP contribution >= 0.6 is 11.6 Å². The first-order valence-electron chi connectivity index (χ1n) is 14.8. The van der Waals surface area contributed by atoms with Crippen LogP contribution in [0.1, 0.15) is 56.2 Å². The van der Waals surface area contributed by atoms with Crippen molar-refractivity contribution in [3.63, 3.8) is 0 Å². The van der Waals surface area contributed by atoms with Crippen molar-refractivity contribution in [2.45, 2.75) is 71.5 Å². The van der Waals surface area contributed by atoms with Crippen molar-refractivity contribution in [2.24, 2.45) is 17.6 Å². The summed E-state index contributed by atoms with van der Waals surface area (Å²) < 4.78 is 0. The van der Waals surface area contributed by atoms with Crippen LogP contribution in [0.4, 0.5) is 5.69 Å². The van der Waals surface area contributed by atoms with Crippen molar-refractivity contribution >= 4 is 40.9 Å². The number of nitrogens with two attached hydrogens (primary N) is 1. The van der Waals surface area contributed by atoms with E-state index >= 15 is 0 Å². The number of likely N-dealkylation sites (tertiary alicyclic amines) is 1. The number of carbonyl (C=O) groups excluding carboxylic acids is 4. The number of anilines is 1. The summed E-state index contributed by atoms with van der Waals surface area (Å²) in [5.41, 5.74) is 9.11. The van der Waals surface area contributed by atoms with Crippen LogP contribution in [0.25, 0.3) is 0 Å². The highest BCUT2D eigenvalue weighted by Gasteiger charge is 2.36. The molecule has 4 atom stereocenters. The van der Waals surface area contributed by atoms with Crippen LogP contribution in [-0.4, -0.2) is 65.1 Å². The first-order valence-corrected chi connectivity index (χ1v) is 15.1. The molecule has 1 saturated heterocycles. The SMILES string of the molecule is Cc1cc(NC(=O)[C@H](CCN)NC(=O)[C@@H]2Cc3ccccc3CN2C(=O)CCC(=O)N2C[C@H](C)C[C@H](C)C2)ccc1Cl. The molecule has 4 amide bonds. The zero-order chi connectivity index (χ0) is 30.4. The topological polar surface area (TPSA) is 125 Å². The van der Waals surface area contributed by atoms with Gasteiger partial charge in [-0.1, -0.05) is 49.7 Å². The second-order valence-electron chi connectivity index (χ2n) is 11.8. The fraction of sp³-hybridized carbons (Fsp3) is 0.500. The highest BCUT2D eigenvalue weighted by atomic mass is 35.5. The predicted molar refractivity (Wildman–Crippen MR) is 164 cm³/mol. The lowest BCUT2D eigenvalue weighted by atomic mass is 9.91. The number of aryl methyl sites for hydroxylation is 1. The second-order valence-corrected chi connectivity index (χ2v) is 12.3. The highest BCUT2D eigenvalue weighted by molar-refractivity contribution is 6.31. The van der Waals surface area contributed by atoms with Crippen LogP contribution in [0.15, 0.2) is 42.5 Å². The molecule has 0 bridgehead atoms. The van der Waals surface area contributed by atoms with Crippen molar-refractivity contribution in [2.75, 3.05) is 25.0 Å². The van der Waals surface area contributed by atoms with E-state index in [4.69, 9.17) is 17.3 Å². The molecule has 0 spiro atoms. The van der Waals surface area contributed by atoms with E-state index in [9.17, 15) is 19.2 Å². The molecular weight excluding hydrogens is 554 g/mol. The Kier molecular flexibility index (Phi) is 10.6.